The predicted molar refractivity (Wildman–Crippen MR) is 105 cm³/mol. The molecule has 2 N–H and O–H groups in total. The van der Waals surface area contributed by atoms with Crippen molar-refractivity contribution in [1.29, 1.82) is 0 Å². The molecule has 0 bridgehead atoms. The third-order valence-electron chi connectivity index (χ3n) is 8.89. The van der Waals surface area contributed by atoms with Gasteiger partial charge in [-0.05, 0) is 66.9 Å². The molecule has 0 aromatic rings. The van der Waals surface area contributed by atoms with E-state index in [1.807, 2.05) is 6.92 Å². The van der Waals surface area contributed by atoms with Crippen molar-refractivity contribution in [2.24, 2.45) is 28.6 Å². The number of aliphatic hydroxyl groups is 2. The molecule has 0 radical (unpaired) electrons. The molecule has 4 rings (SSSR count). The number of ketones is 2. The number of Topliss-reactive ketones (excluding diaryl/α,β-unsaturated/α-hetero) is 1. The number of carbonyl (C=O) groups excluding carboxylic acids is 3. The van der Waals surface area contributed by atoms with Crippen molar-refractivity contribution in [2.75, 3.05) is 6.61 Å². The number of alkyl halides is 1. The van der Waals surface area contributed by atoms with E-state index >= 15 is 4.39 Å². The molecule has 3 saturated carbocycles. The first-order valence-electron chi connectivity index (χ1n) is 10.9. The van der Waals surface area contributed by atoms with Crippen LogP contribution in [0.5, 0.6) is 0 Å². The minimum Gasteiger partial charge on any atom is -0.458 e. The molecule has 6 nitrogen and oxygen atoms in total. The molecular formula is C23H31FO6. The van der Waals surface area contributed by atoms with Crippen molar-refractivity contribution in [2.45, 2.75) is 77.2 Å². The highest BCUT2D eigenvalue weighted by molar-refractivity contribution is 5.92. The summed E-state index contributed by atoms with van der Waals surface area (Å²) in [4.78, 5) is 35.9. The number of ether oxygens (including phenoxy) is 1. The lowest BCUT2D eigenvalue weighted by Gasteiger charge is -2.61. The number of hydrogen-bond donors (Lipinski definition) is 2. The van der Waals surface area contributed by atoms with E-state index in [0.717, 1.165) is 0 Å². The van der Waals surface area contributed by atoms with Crippen LogP contribution < -0.4 is 0 Å². The average molecular weight is 422 g/mol. The fourth-order valence-corrected chi connectivity index (χ4v) is 7.44. The second-order valence-corrected chi connectivity index (χ2v) is 10.3. The highest BCUT2D eigenvalue weighted by Gasteiger charge is 2.69. The fraction of sp³-hybridized carbons (Fsp3) is 0.783. The van der Waals surface area contributed by atoms with Gasteiger partial charge in [-0.15, -0.1) is 0 Å². The summed E-state index contributed by atoms with van der Waals surface area (Å²) in [5, 5.41) is 22.7. The summed E-state index contributed by atoms with van der Waals surface area (Å²) in [6.45, 7) is 4.46. The summed E-state index contributed by atoms with van der Waals surface area (Å²) >= 11 is 0. The Balaban J connectivity index is 1.69. The first-order chi connectivity index (χ1) is 13.9. The first-order valence-corrected chi connectivity index (χ1v) is 10.9. The van der Waals surface area contributed by atoms with Gasteiger partial charge >= 0.3 is 5.97 Å². The van der Waals surface area contributed by atoms with E-state index in [2.05, 4.69) is 0 Å². The van der Waals surface area contributed by atoms with Gasteiger partial charge in [0.05, 0.1) is 6.10 Å². The van der Waals surface area contributed by atoms with Gasteiger partial charge in [-0.3, -0.25) is 14.4 Å². The molecule has 7 heteroatoms. The first kappa shape index (κ1) is 21.6. The number of aliphatic hydroxyl groups excluding tert-OH is 1. The Morgan fingerprint density at radius 2 is 2.00 bits per heavy atom. The molecule has 0 heterocycles. The van der Waals surface area contributed by atoms with Gasteiger partial charge in [-0.1, -0.05) is 13.8 Å². The Kier molecular flexibility index (Phi) is 5.01. The molecule has 30 heavy (non-hydrogen) atoms. The van der Waals surface area contributed by atoms with Crippen molar-refractivity contribution in [3.63, 3.8) is 0 Å². The van der Waals surface area contributed by atoms with Gasteiger partial charge in [0, 0.05) is 18.8 Å². The quantitative estimate of drug-likeness (QED) is 0.677. The van der Waals surface area contributed by atoms with E-state index in [9.17, 15) is 24.6 Å². The lowest BCUT2D eigenvalue weighted by Crippen LogP contribution is -2.63. The zero-order chi connectivity index (χ0) is 22.1. The minimum atomic E-state index is -1.72. The number of halogens is 1. The maximum absolute atomic E-state index is 15.3. The number of esters is 1. The monoisotopic (exact) mass is 422 g/mol. The van der Waals surface area contributed by atoms with Crippen LogP contribution in [0.1, 0.15) is 59.3 Å². The van der Waals surface area contributed by atoms with Crippen LogP contribution in [0.25, 0.3) is 0 Å². The van der Waals surface area contributed by atoms with Crippen molar-refractivity contribution in [1.82, 2.24) is 0 Å². The number of carbonyl (C=O) groups is 3. The number of allylic oxidation sites excluding steroid dienone is 1. The molecule has 4 aliphatic rings. The van der Waals surface area contributed by atoms with Crippen LogP contribution in [0.3, 0.4) is 0 Å². The van der Waals surface area contributed by atoms with Gasteiger partial charge in [0.25, 0.3) is 0 Å². The van der Waals surface area contributed by atoms with E-state index in [1.165, 1.54) is 13.0 Å². The number of fused-ring (bicyclic) bond motifs is 5. The summed E-state index contributed by atoms with van der Waals surface area (Å²) in [5.74, 6) is -1.76. The summed E-state index contributed by atoms with van der Waals surface area (Å²) in [5.41, 5.74) is -2.74. The predicted octanol–water partition coefficient (Wildman–Crippen LogP) is 2.30. The van der Waals surface area contributed by atoms with Crippen molar-refractivity contribution in [3.05, 3.63) is 11.6 Å². The topological polar surface area (TPSA) is 101 Å². The summed E-state index contributed by atoms with van der Waals surface area (Å²) < 4.78 is 20.1. The standard InChI is InChI=1S/C23H31FO6/c1-12(25)30-11-19(28)23(29)7-5-15-14-9-17(24)16-8-13(26)4-6-21(16,2)20(14)18(27)10-22(15,23)3/h8,14-15,17-18,20,27,29H,4-7,9-11H2,1-3H3/t14-,15+,17-,18+,20-,21-,22+,23-/m0/s1. The maximum Gasteiger partial charge on any atom is 0.303 e. The van der Waals surface area contributed by atoms with Gasteiger partial charge in [-0.2, -0.15) is 0 Å². The highest BCUT2D eigenvalue weighted by Crippen LogP contribution is 2.67. The molecule has 0 aromatic carbocycles. The summed E-state index contributed by atoms with van der Waals surface area (Å²) in [6, 6.07) is 0. The normalized spacial score (nSPS) is 47.6. The smallest absolute Gasteiger partial charge is 0.303 e. The Bertz CT molecular complexity index is 823. The largest absolute Gasteiger partial charge is 0.458 e. The maximum atomic E-state index is 15.3. The zero-order valence-corrected chi connectivity index (χ0v) is 17.8. The SMILES string of the molecule is CC(=O)OCC(=O)[C@@]1(O)CC[C@@H]2[C@@H]3C[C@H](F)C4=CC(=O)CC[C@]4(C)[C@@H]3[C@H](O)C[C@]21C. The molecular weight excluding hydrogens is 391 g/mol. The minimum absolute atomic E-state index is 0.0648. The zero-order valence-electron chi connectivity index (χ0n) is 17.8. The van der Waals surface area contributed by atoms with Crippen LogP contribution in [0, 0.1) is 28.6 Å². The van der Waals surface area contributed by atoms with Crippen LogP contribution >= 0.6 is 0 Å². The van der Waals surface area contributed by atoms with Crippen LogP contribution in [0.15, 0.2) is 11.6 Å². The fourth-order valence-electron chi connectivity index (χ4n) is 7.44. The lowest BCUT2D eigenvalue weighted by atomic mass is 9.45. The second kappa shape index (κ2) is 6.95. The third-order valence-corrected chi connectivity index (χ3v) is 8.89. The molecule has 0 saturated heterocycles. The van der Waals surface area contributed by atoms with E-state index in [4.69, 9.17) is 4.74 Å². The van der Waals surface area contributed by atoms with Gasteiger partial charge in [0.2, 0.25) is 5.78 Å². The lowest BCUT2D eigenvalue weighted by molar-refractivity contribution is -0.186. The Labute approximate surface area is 175 Å². The van der Waals surface area contributed by atoms with Gasteiger partial charge in [0.15, 0.2) is 12.4 Å². The molecule has 3 fully saturated rings. The van der Waals surface area contributed by atoms with Gasteiger partial charge in [0.1, 0.15) is 11.8 Å². The third kappa shape index (κ3) is 2.84. The average Bonchev–Trinajstić information content (AvgIpc) is 2.93. The van der Waals surface area contributed by atoms with E-state index in [0.29, 0.717) is 24.8 Å². The molecule has 0 unspecified atom stereocenters. The van der Waals surface area contributed by atoms with Gasteiger partial charge < -0.3 is 14.9 Å². The highest BCUT2D eigenvalue weighted by atomic mass is 19.1. The summed E-state index contributed by atoms with van der Waals surface area (Å²) in [7, 11) is 0. The molecule has 8 atom stereocenters. The second-order valence-electron chi connectivity index (χ2n) is 10.3. The number of rotatable bonds is 3. The van der Waals surface area contributed by atoms with Crippen molar-refractivity contribution >= 4 is 17.5 Å². The Morgan fingerprint density at radius 3 is 2.67 bits per heavy atom. The molecule has 0 aromatic heterocycles. The Morgan fingerprint density at radius 1 is 1.30 bits per heavy atom. The molecule has 0 spiro atoms. The molecule has 0 aliphatic heterocycles. The van der Waals surface area contributed by atoms with Crippen LogP contribution in [-0.4, -0.2) is 52.2 Å². The van der Waals surface area contributed by atoms with E-state index in [1.54, 1.807) is 6.92 Å². The van der Waals surface area contributed by atoms with E-state index in [-0.39, 0.29) is 42.8 Å². The van der Waals surface area contributed by atoms with E-state index < -0.39 is 47.1 Å². The van der Waals surface area contributed by atoms with Crippen molar-refractivity contribution in [3.8, 4) is 0 Å². The van der Waals surface area contributed by atoms with Gasteiger partial charge in [-0.25, -0.2) is 4.39 Å². The molecule has 4 aliphatic carbocycles. The molecule has 166 valence electrons. The molecule has 0 amide bonds. The van der Waals surface area contributed by atoms with Crippen LogP contribution in [-0.2, 0) is 19.1 Å². The Hall–Kier alpha value is -1.60. The summed E-state index contributed by atoms with van der Waals surface area (Å²) in [6.07, 6.45) is 1.37. The van der Waals surface area contributed by atoms with Crippen LogP contribution in [0.2, 0.25) is 0 Å². The van der Waals surface area contributed by atoms with Crippen LogP contribution in [0.4, 0.5) is 4.39 Å². The van der Waals surface area contributed by atoms with Crippen molar-refractivity contribution < 1.29 is 33.7 Å². The number of hydrogen-bond acceptors (Lipinski definition) is 6.